The molecule has 4 nitrogen and oxygen atoms in total. The molecule has 1 aliphatic heterocycles. The lowest BCUT2D eigenvalue weighted by atomic mass is 9.83. The summed E-state index contributed by atoms with van der Waals surface area (Å²) in [4.78, 5) is 0. The molecule has 21 heavy (non-hydrogen) atoms. The molecule has 1 aliphatic rings. The quantitative estimate of drug-likeness (QED) is 0.787. The molecule has 0 aliphatic carbocycles. The molecule has 0 saturated heterocycles. The van der Waals surface area contributed by atoms with Crippen LogP contribution < -0.4 is 4.74 Å². The monoisotopic (exact) mass is 297 g/mol. The van der Waals surface area contributed by atoms with Crippen LogP contribution in [0, 0.1) is 5.41 Å². The number of phenolic OH excluding ortho intramolecular Hbond substituents is 1. The van der Waals surface area contributed by atoms with Crippen molar-refractivity contribution in [1.82, 2.24) is 0 Å². The molecule has 0 aromatic heterocycles. The number of phenols is 1. The second kappa shape index (κ2) is 5.09. The summed E-state index contributed by atoms with van der Waals surface area (Å²) in [5.74, 6) is 1.89. The van der Waals surface area contributed by atoms with Gasteiger partial charge in [-0.25, -0.2) is 0 Å². The van der Waals surface area contributed by atoms with Crippen molar-refractivity contribution < 1.29 is 9.84 Å². The summed E-state index contributed by atoms with van der Waals surface area (Å²) in [7, 11) is 0. The number of benzene rings is 2. The zero-order valence-electron chi connectivity index (χ0n) is 10.8. The van der Waals surface area contributed by atoms with Crippen LogP contribution in [0.15, 0.2) is 48.0 Å². The molecule has 1 unspecified atom stereocenters. The number of halogens is 1. The fourth-order valence-corrected chi connectivity index (χ4v) is 2.54. The SMILES string of the molecule is [N-]=C=C1C(=N)Oc2cc(O)ccc2C1c1ccc(Cl)cc1. The lowest BCUT2D eigenvalue weighted by molar-refractivity contribution is 0.463. The van der Waals surface area contributed by atoms with Gasteiger partial charge in [-0.1, -0.05) is 29.8 Å². The summed E-state index contributed by atoms with van der Waals surface area (Å²) in [6.45, 7) is 0. The van der Waals surface area contributed by atoms with Gasteiger partial charge < -0.3 is 15.3 Å². The summed E-state index contributed by atoms with van der Waals surface area (Å²) < 4.78 is 5.33. The Hall–Kier alpha value is -2.55. The van der Waals surface area contributed by atoms with E-state index in [-0.39, 0.29) is 17.2 Å². The van der Waals surface area contributed by atoms with E-state index >= 15 is 0 Å². The molecular weight excluding hydrogens is 288 g/mol. The smallest absolute Gasteiger partial charge is 0.222 e. The molecule has 0 saturated carbocycles. The number of nitrogens with zero attached hydrogens (tertiary/aromatic N) is 1. The molecule has 2 aromatic carbocycles. The molecule has 0 radical (unpaired) electrons. The molecule has 2 N–H and O–H groups in total. The van der Waals surface area contributed by atoms with Gasteiger partial charge in [0.1, 0.15) is 11.5 Å². The van der Waals surface area contributed by atoms with Crippen molar-refractivity contribution in [3.05, 3.63) is 69.6 Å². The van der Waals surface area contributed by atoms with Crippen LogP contribution in [0.3, 0.4) is 0 Å². The van der Waals surface area contributed by atoms with E-state index in [1.54, 1.807) is 18.2 Å². The van der Waals surface area contributed by atoms with Gasteiger partial charge in [-0.15, -0.1) is 0 Å². The van der Waals surface area contributed by atoms with E-state index in [4.69, 9.17) is 21.7 Å². The summed E-state index contributed by atoms with van der Waals surface area (Å²) >= 11 is 5.90. The molecule has 3 rings (SSSR count). The second-order valence-electron chi connectivity index (χ2n) is 4.66. The predicted molar refractivity (Wildman–Crippen MR) is 81.6 cm³/mol. The highest BCUT2D eigenvalue weighted by Gasteiger charge is 2.30. The molecule has 0 fully saturated rings. The van der Waals surface area contributed by atoms with Crippen molar-refractivity contribution in [3.8, 4) is 11.5 Å². The van der Waals surface area contributed by atoms with Gasteiger partial charge in [0.15, 0.2) is 0 Å². The first kappa shape index (κ1) is 13.4. The Bertz CT molecular complexity index is 777. The van der Waals surface area contributed by atoms with Crippen LogP contribution >= 0.6 is 11.6 Å². The maximum Gasteiger partial charge on any atom is 0.222 e. The van der Waals surface area contributed by atoms with E-state index in [9.17, 15) is 10.5 Å². The van der Waals surface area contributed by atoms with Crippen LogP contribution in [-0.2, 0) is 0 Å². The van der Waals surface area contributed by atoms with E-state index in [1.165, 1.54) is 12.1 Å². The van der Waals surface area contributed by atoms with E-state index in [0.717, 1.165) is 11.1 Å². The number of nitrogens with one attached hydrogen (secondary N) is 1. The summed E-state index contributed by atoms with van der Waals surface area (Å²) in [5.41, 5.74) is 1.81. The Morgan fingerprint density at radius 2 is 1.90 bits per heavy atom. The zero-order valence-corrected chi connectivity index (χ0v) is 11.6. The van der Waals surface area contributed by atoms with Gasteiger partial charge in [0.05, 0.1) is 0 Å². The van der Waals surface area contributed by atoms with Crippen LogP contribution in [0.2, 0.25) is 5.02 Å². The van der Waals surface area contributed by atoms with Crippen LogP contribution in [0.1, 0.15) is 17.0 Å². The third kappa shape index (κ3) is 2.31. The van der Waals surface area contributed by atoms with Gasteiger partial charge in [-0.05, 0) is 23.8 Å². The van der Waals surface area contributed by atoms with E-state index in [1.807, 2.05) is 18.0 Å². The minimum atomic E-state index is -0.399. The number of hydrogen-bond donors (Lipinski definition) is 2. The average molecular weight is 298 g/mol. The van der Waals surface area contributed by atoms with Gasteiger partial charge >= 0.3 is 0 Å². The third-order valence-corrected chi connectivity index (χ3v) is 3.63. The minimum absolute atomic E-state index is 0.0526. The first-order valence-corrected chi connectivity index (χ1v) is 6.60. The summed E-state index contributed by atoms with van der Waals surface area (Å²) in [5, 5.41) is 27.4. The molecular formula is C16H10ClN2O2-. The second-order valence-corrected chi connectivity index (χ2v) is 5.10. The van der Waals surface area contributed by atoms with Crippen LogP contribution in [0.25, 0.3) is 5.41 Å². The van der Waals surface area contributed by atoms with Crippen LogP contribution in [0.4, 0.5) is 0 Å². The first-order chi connectivity index (χ1) is 10.1. The molecule has 2 aromatic rings. The minimum Gasteiger partial charge on any atom is -0.763 e. The van der Waals surface area contributed by atoms with Crippen molar-refractivity contribution in [2.75, 3.05) is 0 Å². The molecule has 1 atom stereocenters. The fraction of sp³-hybridized carbons (Fsp3) is 0.0625. The number of ether oxygens (including phenoxy) is 1. The van der Waals surface area contributed by atoms with Gasteiger partial charge in [0.25, 0.3) is 0 Å². The molecule has 1 heterocycles. The number of fused-ring (bicyclic) bond motifs is 1. The maximum absolute atomic E-state index is 9.55. The Morgan fingerprint density at radius 1 is 1.19 bits per heavy atom. The van der Waals surface area contributed by atoms with Gasteiger partial charge in [0, 0.05) is 28.1 Å². The Kier molecular flexibility index (Phi) is 3.26. The van der Waals surface area contributed by atoms with Crippen LogP contribution in [-0.4, -0.2) is 16.9 Å². The van der Waals surface area contributed by atoms with Crippen molar-refractivity contribution in [1.29, 1.82) is 5.41 Å². The summed E-state index contributed by atoms with van der Waals surface area (Å²) in [6, 6.07) is 11.8. The maximum atomic E-state index is 9.55. The molecule has 0 bridgehead atoms. The summed E-state index contributed by atoms with van der Waals surface area (Å²) in [6.07, 6.45) is 0. The zero-order chi connectivity index (χ0) is 15.0. The van der Waals surface area contributed by atoms with E-state index in [0.29, 0.717) is 10.8 Å². The highest BCUT2D eigenvalue weighted by Crippen LogP contribution is 2.42. The van der Waals surface area contributed by atoms with Crippen LogP contribution in [0.5, 0.6) is 11.5 Å². The normalized spacial score (nSPS) is 16.9. The largest absolute Gasteiger partial charge is 0.763 e. The molecule has 5 heteroatoms. The Morgan fingerprint density at radius 3 is 2.57 bits per heavy atom. The van der Waals surface area contributed by atoms with Gasteiger partial charge in [-0.3, -0.25) is 11.3 Å². The number of hydrogen-bond acceptors (Lipinski definition) is 3. The van der Waals surface area contributed by atoms with Crippen molar-refractivity contribution >= 4 is 23.4 Å². The van der Waals surface area contributed by atoms with Crippen molar-refractivity contribution in [2.45, 2.75) is 5.92 Å². The van der Waals surface area contributed by atoms with E-state index in [2.05, 4.69) is 0 Å². The predicted octanol–water partition coefficient (Wildman–Crippen LogP) is 3.71. The van der Waals surface area contributed by atoms with Gasteiger partial charge in [-0.2, -0.15) is 0 Å². The Balaban J connectivity index is 2.22. The third-order valence-electron chi connectivity index (χ3n) is 3.38. The lowest BCUT2D eigenvalue weighted by Crippen LogP contribution is -2.24. The fourth-order valence-electron chi connectivity index (χ4n) is 2.42. The van der Waals surface area contributed by atoms with Crippen molar-refractivity contribution in [3.63, 3.8) is 0 Å². The first-order valence-electron chi connectivity index (χ1n) is 6.22. The average Bonchev–Trinajstić information content (AvgIpc) is 2.46. The highest BCUT2D eigenvalue weighted by molar-refractivity contribution is 6.30. The molecule has 104 valence electrons. The highest BCUT2D eigenvalue weighted by atomic mass is 35.5. The topological polar surface area (TPSA) is 75.6 Å². The molecule has 0 amide bonds. The van der Waals surface area contributed by atoms with E-state index < -0.39 is 5.92 Å². The van der Waals surface area contributed by atoms with Gasteiger partial charge in [0.2, 0.25) is 5.90 Å². The molecule has 0 spiro atoms. The number of aromatic hydroxyl groups is 1. The standard InChI is InChI=1S/C16H10ClN2O2/c17-10-3-1-9(2-4-10)15-12-6-5-11(20)7-14(12)21-16(19)13(15)8-18/h1-7,15,19-20H/q-1. The number of rotatable bonds is 1. The Labute approximate surface area is 126 Å². The van der Waals surface area contributed by atoms with Crippen molar-refractivity contribution in [2.24, 2.45) is 0 Å². The lowest BCUT2D eigenvalue weighted by Gasteiger charge is -2.28.